The molecule has 1 saturated carbocycles. The minimum Gasteiger partial charge on any atom is -0.397 e. The number of hydrogen-bond acceptors (Lipinski definition) is 5. The van der Waals surface area contributed by atoms with Crippen LogP contribution < -0.4 is 21.3 Å². The van der Waals surface area contributed by atoms with Crippen LogP contribution in [0.2, 0.25) is 0 Å². The van der Waals surface area contributed by atoms with Crippen molar-refractivity contribution in [2.75, 3.05) is 36.1 Å². The second-order valence-corrected chi connectivity index (χ2v) is 9.55. The number of nitrogens with two attached hydrogens (primary N) is 1. The largest absolute Gasteiger partial charge is 0.397 e. The first-order chi connectivity index (χ1) is 13.7. The molecule has 1 saturated heterocycles. The molecule has 0 aromatic heterocycles. The average molecular weight is 403 g/mol. The highest BCUT2D eigenvalue weighted by Gasteiger charge is 2.32. The predicted molar refractivity (Wildman–Crippen MR) is 121 cm³/mol. The zero-order valence-corrected chi connectivity index (χ0v) is 18.4. The van der Waals surface area contributed by atoms with E-state index in [9.17, 15) is 9.90 Å². The monoisotopic (exact) mass is 402 g/mol. The molecule has 1 amide bonds. The SMILES string of the molecule is CNc1cc(N2CCC(C(C)(C)O)CC2)c(C(=O)N[C@H]2CC[C@H](C)CC2)cc1N. The number of rotatable bonds is 5. The molecule has 29 heavy (non-hydrogen) atoms. The Balaban J connectivity index is 1.80. The van der Waals surface area contributed by atoms with Crippen molar-refractivity contribution in [1.29, 1.82) is 0 Å². The Labute approximate surface area is 175 Å². The van der Waals surface area contributed by atoms with Crippen LogP contribution in [0.15, 0.2) is 12.1 Å². The van der Waals surface area contributed by atoms with Crippen molar-refractivity contribution in [3.63, 3.8) is 0 Å². The number of amides is 1. The van der Waals surface area contributed by atoms with Crippen molar-refractivity contribution in [2.45, 2.75) is 70.9 Å². The van der Waals surface area contributed by atoms with Crippen molar-refractivity contribution in [3.05, 3.63) is 17.7 Å². The second kappa shape index (κ2) is 8.82. The molecular weight excluding hydrogens is 364 g/mol. The van der Waals surface area contributed by atoms with Crippen LogP contribution in [0.5, 0.6) is 0 Å². The van der Waals surface area contributed by atoms with Crippen LogP contribution in [0.4, 0.5) is 17.1 Å². The Bertz CT molecular complexity index is 712. The number of nitrogens with one attached hydrogen (secondary N) is 2. The Kier molecular flexibility index (Phi) is 6.62. The molecule has 0 radical (unpaired) electrons. The molecule has 0 bridgehead atoms. The van der Waals surface area contributed by atoms with Crippen LogP contribution in [0.3, 0.4) is 0 Å². The molecule has 162 valence electrons. The topological polar surface area (TPSA) is 90.6 Å². The molecule has 1 aliphatic carbocycles. The van der Waals surface area contributed by atoms with Gasteiger partial charge in [0.15, 0.2) is 0 Å². The molecule has 3 rings (SSSR count). The number of piperidine rings is 1. The van der Waals surface area contributed by atoms with Gasteiger partial charge in [0, 0.05) is 26.2 Å². The lowest BCUT2D eigenvalue weighted by Gasteiger charge is -2.39. The summed E-state index contributed by atoms with van der Waals surface area (Å²) in [6.07, 6.45) is 6.24. The van der Waals surface area contributed by atoms with Crippen LogP contribution >= 0.6 is 0 Å². The summed E-state index contributed by atoms with van der Waals surface area (Å²) in [6.45, 7) is 7.70. The molecule has 1 aromatic rings. The van der Waals surface area contributed by atoms with Crippen molar-refractivity contribution in [2.24, 2.45) is 11.8 Å². The molecule has 0 unspecified atom stereocenters. The molecule has 5 N–H and O–H groups in total. The molecule has 0 spiro atoms. The van der Waals surface area contributed by atoms with Crippen LogP contribution in [-0.2, 0) is 0 Å². The molecule has 2 fully saturated rings. The van der Waals surface area contributed by atoms with Crippen LogP contribution in [-0.4, -0.2) is 42.8 Å². The third-order valence-corrected chi connectivity index (χ3v) is 6.87. The van der Waals surface area contributed by atoms with E-state index in [1.54, 1.807) is 0 Å². The number of anilines is 3. The van der Waals surface area contributed by atoms with Gasteiger partial charge in [-0.05, 0) is 76.3 Å². The maximum absolute atomic E-state index is 13.2. The first-order valence-corrected chi connectivity index (χ1v) is 11.1. The Morgan fingerprint density at radius 3 is 2.31 bits per heavy atom. The number of carbonyl (C=O) groups is 1. The fourth-order valence-electron chi connectivity index (χ4n) is 4.76. The third kappa shape index (κ3) is 5.16. The van der Waals surface area contributed by atoms with E-state index in [-0.39, 0.29) is 17.9 Å². The number of carbonyl (C=O) groups excluding carboxylic acids is 1. The van der Waals surface area contributed by atoms with E-state index in [1.165, 1.54) is 12.8 Å². The summed E-state index contributed by atoms with van der Waals surface area (Å²) >= 11 is 0. The van der Waals surface area contributed by atoms with E-state index in [0.717, 1.165) is 56.1 Å². The fourth-order valence-corrected chi connectivity index (χ4v) is 4.76. The van der Waals surface area contributed by atoms with Crippen molar-refractivity contribution >= 4 is 23.0 Å². The van der Waals surface area contributed by atoms with Crippen molar-refractivity contribution in [3.8, 4) is 0 Å². The maximum Gasteiger partial charge on any atom is 0.253 e. The lowest BCUT2D eigenvalue weighted by Crippen LogP contribution is -2.43. The third-order valence-electron chi connectivity index (χ3n) is 6.87. The maximum atomic E-state index is 13.2. The minimum atomic E-state index is -0.665. The molecule has 1 heterocycles. The summed E-state index contributed by atoms with van der Waals surface area (Å²) < 4.78 is 0. The van der Waals surface area contributed by atoms with Crippen molar-refractivity contribution in [1.82, 2.24) is 5.32 Å². The van der Waals surface area contributed by atoms with E-state index in [1.807, 2.05) is 33.0 Å². The molecule has 1 aromatic carbocycles. The Hall–Kier alpha value is -1.95. The summed E-state index contributed by atoms with van der Waals surface area (Å²) in [4.78, 5) is 15.4. The number of nitrogens with zero attached hydrogens (tertiary/aromatic N) is 1. The normalized spacial score (nSPS) is 23.7. The highest BCUT2D eigenvalue weighted by molar-refractivity contribution is 6.02. The van der Waals surface area contributed by atoms with Gasteiger partial charge in [0.25, 0.3) is 5.91 Å². The highest BCUT2D eigenvalue weighted by Crippen LogP contribution is 2.35. The number of nitrogen functional groups attached to an aromatic ring is 1. The van der Waals surface area contributed by atoms with Gasteiger partial charge in [-0.2, -0.15) is 0 Å². The smallest absolute Gasteiger partial charge is 0.253 e. The van der Waals surface area contributed by atoms with Crippen LogP contribution in [0.1, 0.15) is 69.7 Å². The molecule has 1 aliphatic heterocycles. The quantitative estimate of drug-likeness (QED) is 0.565. The van der Waals surface area contributed by atoms with E-state index in [0.29, 0.717) is 11.3 Å². The Morgan fingerprint density at radius 2 is 1.76 bits per heavy atom. The first-order valence-electron chi connectivity index (χ1n) is 11.1. The van der Waals surface area contributed by atoms with Gasteiger partial charge in [-0.25, -0.2) is 0 Å². The first kappa shape index (κ1) is 21.8. The predicted octanol–water partition coefficient (Wildman–Crippen LogP) is 3.61. The molecule has 0 atom stereocenters. The zero-order chi connectivity index (χ0) is 21.2. The van der Waals surface area contributed by atoms with E-state index in [2.05, 4.69) is 22.5 Å². The van der Waals surface area contributed by atoms with Gasteiger partial charge in [-0.15, -0.1) is 0 Å². The van der Waals surface area contributed by atoms with Crippen LogP contribution in [0, 0.1) is 11.8 Å². The lowest BCUT2D eigenvalue weighted by molar-refractivity contribution is 0.00649. The number of benzene rings is 1. The highest BCUT2D eigenvalue weighted by atomic mass is 16.3. The summed E-state index contributed by atoms with van der Waals surface area (Å²) in [5.74, 6) is 0.998. The van der Waals surface area contributed by atoms with Gasteiger partial charge in [0.2, 0.25) is 0 Å². The zero-order valence-electron chi connectivity index (χ0n) is 18.4. The van der Waals surface area contributed by atoms with E-state index in [4.69, 9.17) is 5.73 Å². The molecule has 6 nitrogen and oxygen atoms in total. The lowest BCUT2D eigenvalue weighted by atomic mass is 9.83. The van der Waals surface area contributed by atoms with Gasteiger partial charge < -0.3 is 26.4 Å². The molecular formula is C23H38N4O2. The van der Waals surface area contributed by atoms with Crippen LogP contribution in [0.25, 0.3) is 0 Å². The number of hydrogen-bond donors (Lipinski definition) is 4. The summed E-state index contributed by atoms with van der Waals surface area (Å²) in [6, 6.07) is 4.06. The van der Waals surface area contributed by atoms with Gasteiger partial charge in [-0.3, -0.25) is 4.79 Å². The number of aliphatic hydroxyl groups is 1. The summed E-state index contributed by atoms with van der Waals surface area (Å²) in [5, 5.41) is 16.7. The van der Waals surface area contributed by atoms with E-state index >= 15 is 0 Å². The summed E-state index contributed by atoms with van der Waals surface area (Å²) in [7, 11) is 1.85. The average Bonchev–Trinajstić information content (AvgIpc) is 2.69. The van der Waals surface area contributed by atoms with Gasteiger partial charge in [0.1, 0.15) is 0 Å². The van der Waals surface area contributed by atoms with Gasteiger partial charge in [0.05, 0.1) is 28.2 Å². The summed E-state index contributed by atoms with van der Waals surface area (Å²) in [5.41, 5.74) is 8.55. The fraction of sp³-hybridized carbons (Fsp3) is 0.696. The minimum absolute atomic E-state index is 0.0292. The van der Waals surface area contributed by atoms with Gasteiger partial charge in [-0.1, -0.05) is 6.92 Å². The van der Waals surface area contributed by atoms with Gasteiger partial charge >= 0.3 is 0 Å². The molecule has 2 aliphatic rings. The second-order valence-electron chi connectivity index (χ2n) is 9.55. The molecule has 6 heteroatoms. The standard InChI is InChI=1S/C23H38N4O2/c1-15-5-7-17(8-6-15)26-22(28)18-13-19(24)20(25-4)14-21(18)27-11-9-16(10-12-27)23(2,3)29/h13-17,25,29H,5-12,24H2,1-4H3,(H,26,28)/t15-,17-. The van der Waals surface area contributed by atoms with Crippen molar-refractivity contribution < 1.29 is 9.90 Å². The Morgan fingerprint density at radius 1 is 1.14 bits per heavy atom. The van der Waals surface area contributed by atoms with E-state index < -0.39 is 5.60 Å².